The third-order valence-electron chi connectivity index (χ3n) is 5.63. The molecule has 0 aliphatic carbocycles. The van der Waals surface area contributed by atoms with Crippen LogP contribution in [0.3, 0.4) is 0 Å². The van der Waals surface area contributed by atoms with Gasteiger partial charge in [0.15, 0.2) is 0 Å². The van der Waals surface area contributed by atoms with Gasteiger partial charge in [-0.3, -0.25) is 4.90 Å². The summed E-state index contributed by atoms with van der Waals surface area (Å²) in [6.07, 6.45) is 12.1. The number of nitrogens with one attached hydrogen (secondary N) is 3. The van der Waals surface area contributed by atoms with Gasteiger partial charge in [-0.2, -0.15) is 0 Å². The summed E-state index contributed by atoms with van der Waals surface area (Å²) in [6, 6.07) is 0. The molecule has 0 atom stereocenters. The molecule has 7 nitrogen and oxygen atoms in total. The van der Waals surface area contributed by atoms with E-state index in [0.29, 0.717) is 0 Å². The van der Waals surface area contributed by atoms with Crippen molar-refractivity contribution in [3.05, 3.63) is 0 Å². The maximum Gasteiger partial charge on any atom is 0.0108 e. The predicted octanol–water partition coefficient (Wildman–Crippen LogP) is 3.56. The Hall–Kier alpha value is -0.280. The van der Waals surface area contributed by atoms with Crippen molar-refractivity contribution in [1.82, 2.24) is 30.7 Å². The fourth-order valence-electron chi connectivity index (χ4n) is 3.25. The van der Waals surface area contributed by atoms with Crippen LogP contribution in [0.15, 0.2) is 0 Å². The maximum atomic E-state index is 5.38. The quantitative estimate of drug-likeness (QED) is 0.168. The maximum absolute atomic E-state index is 5.38. The summed E-state index contributed by atoms with van der Waals surface area (Å²) in [6.45, 7) is 15.5. The van der Waals surface area contributed by atoms with E-state index in [-0.39, 0.29) is 7.43 Å². The van der Waals surface area contributed by atoms with Gasteiger partial charge in [0.2, 0.25) is 0 Å². The number of unbranched alkanes of at least 4 members (excludes halogenated alkanes) is 6. The number of hydrogen-bond acceptors (Lipinski definition) is 7. The van der Waals surface area contributed by atoms with E-state index < -0.39 is 0 Å². The van der Waals surface area contributed by atoms with Gasteiger partial charge < -0.3 is 31.5 Å². The summed E-state index contributed by atoms with van der Waals surface area (Å²) in [5.41, 5.74) is 5.38. The predicted molar refractivity (Wildman–Crippen MR) is 163 cm³/mol. The Morgan fingerprint density at radius 2 is 0.971 bits per heavy atom. The summed E-state index contributed by atoms with van der Waals surface area (Å²) in [4.78, 5) is 7.06. The average Bonchev–Trinajstić information content (AvgIpc) is 2.83. The molecule has 0 rings (SSSR count). The minimum absolute atomic E-state index is 0. The molecule has 218 valence electrons. The summed E-state index contributed by atoms with van der Waals surface area (Å²) in [5.74, 6) is 0. The minimum atomic E-state index is 0. The van der Waals surface area contributed by atoms with Crippen LogP contribution in [0.4, 0.5) is 0 Å². The van der Waals surface area contributed by atoms with Crippen molar-refractivity contribution in [3.8, 4) is 0 Å². The van der Waals surface area contributed by atoms with Gasteiger partial charge in [-0.1, -0.05) is 59.8 Å². The van der Waals surface area contributed by atoms with Gasteiger partial charge in [0.25, 0.3) is 0 Å². The third-order valence-corrected chi connectivity index (χ3v) is 5.63. The Kier molecular flexibility index (Phi) is 45.7. The van der Waals surface area contributed by atoms with Crippen LogP contribution >= 0.6 is 0 Å². The molecule has 0 radical (unpaired) electrons. The molecule has 0 aromatic heterocycles. The standard InChI is InChI=1S/C10H23N.C9H24N4.C8H20N2.CH4/c1-4-5-6-7-8-9-10-11(2)3;1-10-4-7-13(8-5-11-2)9-6-12-3;1-3-4-7-10(2)8-5-6-9;/h4-10H2,1-3H3;10-12H,4-9H2,1-3H3;3-9H2,1-2H3;1H4. The first-order chi connectivity index (χ1) is 16.4. The number of rotatable bonds is 22. The second-order valence-electron chi connectivity index (χ2n) is 9.52. The first-order valence-electron chi connectivity index (χ1n) is 14.1. The lowest BCUT2D eigenvalue weighted by Crippen LogP contribution is -2.39. The first kappa shape index (κ1) is 41.8. The highest BCUT2D eigenvalue weighted by Gasteiger charge is 2.01. The molecule has 0 unspecified atom stereocenters. The van der Waals surface area contributed by atoms with Crippen LogP contribution in [0, 0.1) is 0 Å². The van der Waals surface area contributed by atoms with E-state index in [2.05, 4.69) is 65.6 Å². The highest BCUT2D eigenvalue weighted by molar-refractivity contribution is 4.61. The van der Waals surface area contributed by atoms with Crippen LogP contribution in [-0.2, 0) is 0 Å². The van der Waals surface area contributed by atoms with Gasteiger partial charge in [-0.25, -0.2) is 0 Å². The Labute approximate surface area is 223 Å². The van der Waals surface area contributed by atoms with E-state index in [1.807, 2.05) is 21.1 Å². The fourth-order valence-corrected chi connectivity index (χ4v) is 3.25. The van der Waals surface area contributed by atoms with Crippen molar-refractivity contribution < 1.29 is 0 Å². The topological polar surface area (TPSA) is 71.8 Å². The van der Waals surface area contributed by atoms with E-state index in [1.165, 1.54) is 64.5 Å². The van der Waals surface area contributed by atoms with Gasteiger partial charge in [0.05, 0.1) is 0 Å². The van der Waals surface area contributed by atoms with Crippen molar-refractivity contribution in [2.24, 2.45) is 5.73 Å². The molecular weight excluding hydrogens is 434 g/mol. The van der Waals surface area contributed by atoms with Gasteiger partial charge >= 0.3 is 0 Å². The molecule has 0 fully saturated rings. The number of likely N-dealkylation sites (N-methyl/N-ethyl adjacent to an activating group) is 3. The van der Waals surface area contributed by atoms with Gasteiger partial charge in [-0.05, 0) is 87.7 Å². The second-order valence-corrected chi connectivity index (χ2v) is 9.52. The van der Waals surface area contributed by atoms with Crippen LogP contribution in [0.1, 0.15) is 79.1 Å². The summed E-state index contributed by atoms with van der Waals surface area (Å²) >= 11 is 0. The molecule has 0 saturated heterocycles. The Morgan fingerprint density at radius 3 is 1.37 bits per heavy atom. The summed E-state index contributed by atoms with van der Waals surface area (Å²) in [5, 5.41) is 9.51. The SMILES string of the molecule is C.CCCCCCCCN(C)C.CCCCN(C)CCCN.CNCCN(CCNC)CCNC. The number of nitrogens with two attached hydrogens (primary N) is 1. The first-order valence-corrected chi connectivity index (χ1v) is 14.1. The third kappa shape index (κ3) is 44.2. The van der Waals surface area contributed by atoms with E-state index in [0.717, 1.165) is 58.8 Å². The van der Waals surface area contributed by atoms with Crippen molar-refractivity contribution >= 4 is 0 Å². The Balaban J connectivity index is -0.000000205. The van der Waals surface area contributed by atoms with Crippen molar-refractivity contribution in [1.29, 1.82) is 0 Å². The highest BCUT2D eigenvalue weighted by atomic mass is 15.2. The molecule has 7 heteroatoms. The molecule has 0 aliphatic rings. The number of hydrogen-bond donors (Lipinski definition) is 4. The minimum Gasteiger partial charge on any atom is -0.330 e. The fraction of sp³-hybridized carbons (Fsp3) is 1.00. The summed E-state index contributed by atoms with van der Waals surface area (Å²) < 4.78 is 0. The zero-order valence-electron chi connectivity index (χ0n) is 24.9. The van der Waals surface area contributed by atoms with Gasteiger partial charge in [0.1, 0.15) is 0 Å². The monoisotopic (exact) mass is 506 g/mol. The van der Waals surface area contributed by atoms with E-state index in [4.69, 9.17) is 5.73 Å². The van der Waals surface area contributed by atoms with E-state index in [9.17, 15) is 0 Å². The van der Waals surface area contributed by atoms with Gasteiger partial charge in [0, 0.05) is 39.3 Å². The molecule has 0 aromatic rings. The van der Waals surface area contributed by atoms with Crippen LogP contribution in [0.2, 0.25) is 0 Å². The molecular formula is C28H71N7. The Morgan fingerprint density at radius 1 is 0.543 bits per heavy atom. The molecule has 0 aliphatic heterocycles. The lowest BCUT2D eigenvalue weighted by atomic mass is 10.1. The van der Waals surface area contributed by atoms with Crippen molar-refractivity contribution in [3.63, 3.8) is 0 Å². The van der Waals surface area contributed by atoms with Crippen LogP contribution in [0.5, 0.6) is 0 Å². The molecule has 0 aromatic carbocycles. The van der Waals surface area contributed by atoms with Crippen LogP contribution in [-0.4, -0.2) is 122 Å². The normalized spacial score (nSPS) is 10.6. The van der Waals surface area contributed by atoms with Crippen LogP contribution in [0.25, 0.3) is 0 Å². The lowest BCUT2D eigenvalue weighted by Gasteiger charge is -2.21. The zero-order valence-corrected chi connectivity index (χ0v) is 24.9. The molecule has 35 heavy (non-hydrogen) atoms. The number of nitrogens with zero attached hydrogens (tertiary/aromatic N) is 3. The van der Waals surface area contributed by atoms with Crippen LogP contribution < -0.4 is 21.7 Å². The highest BCUT2D eigenvalue weighted by Crippen LogP contribution is 2.04. The van der Waals surface area contributed by atoms with Gasteiger partial charge in [-0.15, -0.1) is 0 Å². The molecule has 0 spiro atoms. The summed E-state index contributed by atoms with van der Waals surface area (Å²) in [7, 11) is 12.4. The molecule has 0 heterocycles. The van der Waals surface area contributed by atoms with Crippen molar-refractivity contribution in [2.45, 2.75) is 79.1 Å². The molecule has 5 N–H and O–H groups in total. The molecule has 0 amide bonds. The second kappa shape index (κ2) is 38.3. The molecule has 0 saturated carbocycles. The smallest absolute Gasteiger partial charge is 0.0108 e. The van der Waals surface area contributed by atoms with Crippen molar-refractivity contribution in [2.75, 3.05) is 108 Å². The Bertz CT molecular complexity index is 303. The average molecular weight is 506 g/mol. The largest absolute Gasteiger partial charge is 0.330 e. The molecule has 0 bridgehead atoms. The van der Waals surface area contributed by atoms with E-state index in [1.54, 1.807) is 0 Å². The van der Waals surface area contributed by atoms with E-state index >= 15 is 0 Å². The lowest BCUT2D eigenvalue weighted by molar-refractivity contribution is 0.279. The zero-order chi connectivity index (χ0) is 26.3.